The normalized spacial score (nSPS) is 40.9. The summed E-state index contributed by atoms with van der Waals surface area (Å²) in [6, 6.07) is 0. The molecule has 1 heterocycles. The highest BCUT2D eigenvalue weighted by atomic mass is 28.5. The number of hydrogen-bond acceptors (Lipinski definition) is 4. The van der Waals surface area contributed by atoms with Gasteiger partial charge in [0.05, 0.1) is 0 Å². The van der Waals surface area contributed by atoms with Gasteiger partial charge in [-0.3, -0.25) is 0 Å². The molecule has 4 nitrogen and oxygen atoms in total. The Morgan fingerprint density at radius 1 is 0.885 bits per heavy atom. The summed E-state index contributed by atoms with van der Waals surface area (Å²) in [4.78, 5) is 0. The fourth-order valence-electron chi connectivity index (χ4n) is 5.55. The van der Waals surface area contributed by atoms with E-state index in [1.54, 1.807) is 0 Å². The van der Waals surface area contributed by atoms with Crippen LogP contribution < -0.4 is 0 Å². The summed E-state index contributed by atoms with van der Waals surface area (Å²) in [5.74, 6) is 0.757. The summed E-state index contributed by atoms with van der Waals surface area (Å²) in [5.41, 5.74) is 6.75. The first-order valence-electron chi connectivity index (χ1n) is 9.79. The zero-order chi connectivity index (χ0) is 19.4. The van der Waals surface area contributed by atoms with Crippen LogP contribution in [0, 0.1) is 16.7 Å². The lowest BCUT2D eigenvalue weighted by Crippen LogP contribution is -2.62. The number of hydrogen-bond donors (Lipinski definition) is 0. The third kappa shape index (κ3) is 2.66. The van der Waals surface area contributed by atoms with E-state index in [9.17, 15) is 0 Å². The van der Waals surface area contributed by atoms with Crippen LogP contribution in [0.15, 0.2) is 0 Å². The SMILES string of the molecule is CC=[Si]1O[Si](=CC)O[Si](C)(C23CCC(C2)C(C)(C)C3(C)C)O[Si](=CC)O1. The second-order valence-electron chi connectivity index (χ2n) is 9.05. The van der Waals surface area contributed by atoms with Crippen LogP contribution in [0.25, 0.3) is 0 Å². The van der Waals surface area contributed by atoms with Gasteiger partial charge in [0, 0.05) is 11.6 Å². The van der Waals surface area contributed by atoms with E-state index < -0.39 is 35.2 Å². The molecule has 0 spiro atoms. The molecule has 0 radical (unpaired) electrons. The lowest BCUT2D eigenvalue weighted by Gasteiger charge is -2.56. The van der Waals surface area contributed by atoms with Crippen LogP contribution >= 0.6 is 0 Å². The fourth-order valence-corrected chi connectivity index (χ4v) is 19.4. The second kappa shape index (κ2) is 6.63. The van der Waals surface area contributed by atoms with Gasteiger partial charge >= 0.3 is 35.2 Å². The van der Waals surface area contributed by atoms with Crippen molar-refractivity contribution in [2.75, 3.05) is 0 Å². The molecule has 1 saturated heterocycles. The van der Waals surface area contributed by atoms with Crippen molar-refractivity contribution in [3.05, 3.63) is 0 Å². The van der Waals surface area contributed by atoms with Gasteiger partial charge in [-0.25, -0.2) is 0 Å². The first-order chi connectivity index (χ1) is 12.1. The molecule has 2 unspecified atom stereocenters. The van der Waals surface area contributed by atoms with E-state index in [0.29, 0.717) is 5.41 Å². The minimum atomic E-state index is -2.55. The van der Waals surface area contributed by atoms with Crippen LogP contribution in [-0.4, -0.2) is 52.3 Å². The van der Waals surface area contributed by atoms with Gasteiger partial charge in [0.2, 0.25) is 0 Å². The van der Waals surface area contributed by atoms with Gasteiger partial charge < -0.3 is 16.5 Å². The van der Waals surface area contributed by atoms with Crippen molar-refractivity contribution >= 4 is 52.3 Å². The molecule has 2 bridgehead atoms. The van der Waals surface area contributed by atoms with Crippen molar-refractivity contribution in [3.8, 4) is 0 Å². The number of rotatable bonds is 1. The lowest BCUT2D eigenvalue weighted by atomic mass is 9.59. The maximum atomic E-state index is 6.90. The molecule has 0 aromatic carbocycles. The van der Waals surface area contributed by atoms with Crippen LogP contribution in [0.4, 0.5) is 0 Å². The zero-order valence-corrected chi connectivity index (χ0v) is 21.6. The Labute approximate surface area is 164 Å². The van der Waals surface area contributed by atoms with E-state index in [1.165, 1.54) is 19.3 Å². The highest BCUT2D eigenvalue weighted by molar-refractivity contribution is 6.85. The fraction of sp³-hybridized carbons (Fsp3) is 0.833. The monoisotopic (exact) mass is 426 g/mol. The largest absolute Gasteiger partial charge is 0.551 e. The third-order valence-corrected chi connectivity index (χ3v) is 20.1. The van der Waals surface area contributed by atoms with Gasteiger partial charge in [0.25, 0.3) is 0 Å². The van der Waals surface area contributed by atoms with E-state index >= 15 is 0 Å². The summed E-state index contributed by atoms with van der Waals surface area (Å²) in [6.45, 7) is 18.2. The minimum absolute atomic E-state index is 0.124. The summed E-state index contributed by atoms with van der Waals surface area (Å²) in [5, 5.41) is 0.124. The molecule has 0 N–H and O–H groups in total. The Balaban J connectivity index is 2.09. The molecule has 146 valence electrons. The molecule has 0 aromatic rings. The molecule has 3 rings (SSSR count). The number of fused-ring (bicyclic) bond motifs is 2. The predicted octanol–water partition coefficient (Wildman–Crippen LogP) is 3.42. The molecule has 0 aromatic heterocycles. The zero-order valence-electron chi connectivity index (χ0n) is 17.6. The second-order valence-corrected chi connectivity index (χ2v) is 18.8. The highest BCUT2D eigenvalue weighted by Gasteiger charge is 2.76. The van der Waals surface area contributed by atoms with Gasteiger partial charge in [0.1, 0.15) is 0 Å². The lowest BCUT2D eigenvalue weighted by molar-refractivity contribution is 0.0309. The summed E-state index contributed by atoms with van der Waals surface area (Å²) in [7, 11) is -6.97. The Kier molecular flexibility index (Phi) is 5.21. The van der Waals surface area contributed by atoms with Crippen molar-refractivity contribution in [1.29, 1.82) is 0 Å². The van der Waals surface area contributed by atoms with Gasteiger partial charge in [-0.2, -0.15) is 0 Å². The summed E-state index contributed by atoms with van der Waals surface area (Å²) < 4.78 is 26.4. The predicted molar refractivity (Wildman–Crippen MR) is 116 cm³/mol. The highest BCUT2D eigenvalue weighted by Crippen LogP contribution is 2.79. The van der Waals surface area contributed by atoms with Crippen LogP contribution in [0.3, 0.4) is 0 Å². The molecule has 3 fully saturated rings. The van der Waals surface area contributed by atoms with Gasteiger partial charge in [-0.05, 0) is 73.8 Å². The molecular weight excluding hydrogens is 393 g/mol. The standard InChI is InChI=1S/C18H34O4Si4/c1-9-23-19-24(10-2)21-26(8,22-25(11-3)20-23)18-13-12-15(14-18)16(4,5)17(18,6)7/h9-11,15H,12-14H2,1-8H3. The Hall–Kier alpha value is -0.322. The maximum Gasteiger partial charge on any atom is 0.460 e. The van der Waals surface area contributed by atoms with Gasteiger partial charge in [-0.15, -0.1) is 0 Å². The van der Waals surface area contributed by atoms with Crippen molar-refractivity contribution in [2.45, 2.75) is 79.3 Å². The first-order valence-corrected chi connectivity index (χ1v) is 16.3. The van der Waals surface area contributed by atoms with Crippen molar-refractivity contribution in [1.82, 2.24) is 0 Å². The van der Waals surface area contributed by atoms with Crippen LogP contribution in [0.2, 0.25) is 11.6 Å². The minimum Gasteiger partial charge on any atom is -0.551 e. The van der Waals surface area contributed by atoms with Crippen molar-refractivity contribution in [2.24, 2.45) is 16.7 Å². The van der Waals surface area contributed by atoms with Crippen LogP contribution in [0.5, 0.6) is 0 Å². The molecular formula is C18H34O4Si4. The average molecular weight is 427 g/mol. The quantitative estimate of drug-likeness (QED) is 0.602. The molecule has 2 atom stereocenters. The van der Waals surface area contributed by atoms with Gasteiger partial charge in [0.15, 0.2) is 0 Å². The summed E-state index contributed by atoms with van der Waals surface area (Å²) >= 11 is 0. The molecule has 0 amide bonds. The Bertz CT molecular complexity index is 657. The van der Waals surface area contributed by atoms with Crippen molar-refractivity contribution in [3.63, 3.8) is 0 Å². The van der Waals surface area contributed by atoms with E-state index in [4.69, 9.17) is 16.5 Å². The average Bonchev–Trinajstić information content (AvgIpc) is 3.10. The Morgan fingerprint density at radius 3 is 1.77 bits per heavy atom. The molecule has 2 aliphatic carbocycles. The van der Waals surface area contributed by atoms with E-state index in [0.717, 1.165) is 5.92 Å². The maximum absolute atomic E-state index is 6.90. The Morgan fingerprint density at radius 2 is 1.38 bits per heavy atom. The molecule has 1 aliphatic heterocycles. The smallest absolute Gasteiger partial charge is 0.460 e. The topological polar surface area (TPSA) is 36.9 Å². The molecule has 3 aliphatic rings. The van der Waals surface area contributed by atoms with E-state index in [1.807, 2.05) is 6.92 Å². The van der Waals surface area contributed by atoms with E-state index in [-0.39, 0.29) is 10.5 Å². The summed E-state index contributed by atoms with van der Waals surface area (Å²) in [6.07, 6.45) is 3.73. The molecule has 2 saturated carbocycles. The molecule has 26 heavy (non-hydrogen) atoms. The third-order valence-electron chi connectivity index (χ3n) is 7.91. The van der Waals surface area contributed by atoms with Crippen molar-refractivity contribution < 1.29 is 16.5 Å². The van der Waals surface area contributed by atoms with Crippen LogP contribution in [-0.2, 0) is 16.5 Å². The molecule has 8 heteroatoms. The first kappa shape index (κ1) is 20.4. The van der Waals surface area contributed by atoms with Gasteiger partial charge in [-0.1, -0.05) is 27.7 Å². The van der Waals surface area contributed by atoms with E-state index in [2.05, 4.69) is 65.1 Å². The van der Waals surface area contributed by atoms with Crippen LogP contribution in [0.1, 0.15) is 67.7 Å².